The highest BCUT2D eigenvalue weighted by Gasteiger charge is 2.40. The quantitative estimate of drug-likeness (QED) is 0.846. The van der Waals surface area contributed by atoms with Crippen LogP contribution in [-0.4, -0.2) is 30.7 Å². The average Bonchev–Trinajstić information content (AvgIpc) is 2.92. The van der Waals surface area contributed by atoms with Crippen LogP contribution in [0.1, 0.15) is 47.2 Å². The Labute approximate surface area is 125 Å². The molecule has 2 aliphatic heterocycles. The van der Waals surface area contributed by atoms with Gasteiger partial charge in [-0.05, 0) is 26.7 Å². The van der Waals surface area contributed by atoms with Gasteiger partial charge in [-0.1, -0.05) is 0 Å². The first kappa shape index (κ1) is 13.0. The van der Waals surface area contributed by atoms with Gasteiger partial charge >= 0.3 is 0 Å². The maximum absolute atomic E-state index is 4.66. The Bertz CT molecular complexity index is 690. The lowest BCUT2D eigenvalue weighted by molar-refractivity contribution is 0.165. The Morgan fingerprint density at radius 2 is 2.10 bits per heavy atom. The Hall–Kier alpha value is -1.75. The van der Waals surface area contributed by atoms with Gasteiger partial charge in [0.25, 0.3) is 0 Å². The van der Waals surface area contributed by atoms with Crippen molar-refractivity contribution in [1.82, 2.24) is 24.6 Å². The molecule has 0 radical (unpaired) electrons. The summed E-state index contributed by atoms with van der Waals surface area (Å²) in [5.41, 5.74) is 5.22. The second-order valence-corrected chi connectivity index (χ2v) is 6.32. The van der Waals surface area contributed by atoms with Crippen LogP contribution in [0.2, 0.25) is 0 Å². The highest BCUT2D eigenvalue weighted by atomic mass is 15.3. The van der Waals surface area contributed by atoms with Crippen LogP contribution in [0.4, 0.5) is 0 Å². The van der Waals surface area contributed by atoms with Crippen molar-refractivity contribution in [3.63, 3.8) is 0 Å². The van der Waals surface area contributed by atoms with Crippen LogP contribution in [0.15, 0.2) is 12.4 Å². The molecule has 1 fully saturated rings. The number of hydrogen-bond acceptors (Lipinski definition) is 4. The first-order valence-corrected chi connectivity index (χ1v) is 7.69. The Morgan fingerprint density at radius 3 is 2.86 bits per heavy atom. The molecule has 0 aromatic carbocycles. The third kappa shape index (κ3) is 1.99. The van der Waals surface area contributed by atoms with E-state index in [9.17, 15) is 0 Å². The lowest BCUT2D eigenvalue weighted by Gasteiger charge is -2.35. The summed E-state index contributed by atoms with van der Waals surface area (Å²) in [6.07, 6.45) is 7.61. The zero-order valence-corrected chi connectivity index (χ0v) is 12.9. The number of aromatic nitrogens is 4. The highest BCUT2D eigenvalue weighted by molar-refractivity contribution is 5.29. The van der Waals surface area contributed by atoms with E-state index < -0.39 is 0 Å². The van der Waals surface area contributed by atoms with Crippen LogP contribution in [0.5, 0.6) is 0 Å². The van der Waals surface area contributed by atoms with Crippen molar-refractivity contribution in [3.05, 3.63) is 40.7 Å². The first-order chi connectivity index (χ1) is 10.1. The molecule has 0 aliphatic carbocycles. The molecule has 4 heterocycles. The van der Waals surface area contributed by atoms with Gasteiger partial charge in [0.15, 0.2) is 0 Å². The number of aryl methyl sites for hydroxylation is 2. The molecule has 0 N–H and O–H groups in total. The highest BCUT2D eigenvalue weighted by Crippen LogP contribution is 2.43. The molecular formula is C16H21N5. The van der Waals surface area contributed by atoms with Crippen molar-refractivity contribution in [2.24, 2.45) is 7.05 Å². The molecule has 0 saturated carbocycles. The van der Waals surface area contributed by atoms with Gasteiger partial charge in [-0.2, -0.15) is 5.10 Å². The van der Waals surface area contributed by atoms with Crippen LogP contribution in [0.3, 0.4) is 0 Å². The SMILES string of the molecule is Cc1ncc2c(n1)C[C@H]1CC[C@H]2N1Cc1cnn(C)c1C. The lowest BCUT2D eigenvalue weighted by Crippen LogP contribution is -2.37. The van der Waals surface area contributed by atoms with Crippen LogP contribution >= 0.6 is 0 Å². The summed E-state index contributed by atoms with van der Waals surface area (Å²) in [6.45, 7) is 5.12. The zero-order chi connectivity index (χ0) is 14.6. The largest absolute Gasteiger partial charge is 0.288 e. The van der Waals surface area contributed by atoms with Crippen molar-refractivity contribution < 1.29 is 0 Å². The number of rotatable bonds is 2. The summed E-state index contributed by atoms with van der Waals surface area (Å²) in [4.78, 5) is 11.7. The third-order valence-corrected chi connectivity index (χ3v) is 5.14. The van der Waals surface area contributed by atoms with Gasteiger partial charge in [-0.15, -0.1) is 0 Å². The molecule has 5 heteroatoms. The molecule has 1 saturated heterocycles. The fourth-order valence-corrected chi connectivity index (χ4v) is 3.82. The standard InChI is InChI=1S/C16H21N5/c1-10-12(7-18-20(10)3)9-21-13-4-5-16(21)14-8-17-11(2)19-15(14)6-13/h7-8,13,16H,4-6,9H2,1-3H3/t13-,16-/m1/s1. The van der Waals surface area contributed by atoms with Gasteiger partial charge in [0.05, 0.1) is 11.9 Å². The van der Waals surface area contributed by atoms with Crippen molar-refractivity contribution in [2.45, 2.75) is 51.7 Å². The lowest BCUT2D eigenvalue weighted by atomic mass is 9.98. The molecular weight excluding hydrogens is 262 g/mol. The Balaban J connectivity index is 1.66. The molecule has 2 aliphatic rings. The smallest absolute Gasteiger partial charge is 0.125 e. The monoisotopic (exact) mass is 283 g/mol. The van der Waals surface area contributed by atoms with E-state index in [1.807, 2.05) is 31.0 Å². The molecule has 2 aromatic heterocycles. The summed E-state index contributed by atoms with van der Waals surface area (Å²) in [7, 11) is 2.01. The topological polar surface area (TPSA) is 46.8 Å². The van der Waals surface area contributed by atoms with Crippen LogP contribution in [0, 0.1) is 13.8 Å². The van der Waals surface area contributed by atoms with Crippen molar-refractivity contribution in [3.8, 4) is 0 Å². The van der Waals surface area contributed by atoms with E-state index in [-0.39, 0.29) is 0 Å². The van der Waals surface area contributed by atoms with E-state index in [1.165, 1.54) is 35.4 Å². The number of hydrogen-bond donors (Lipinski definition) is 0. The molecule has 2 bridgehead atoms. The normalized spacial score (nSPS) is 24.3. The van der Waals surface area contributed by atoms with Gasteiger partial charge in [0.1, 0.15) is 5.82 Å². The fourth-order valence-electron chi connectivity index (χ4n) is 3.82. The van der Waals surface area contributed by atoms with Crippen LogP contribution in [0.25, 0.3) is 0 Å². The summed E-state index contributed by atoms with van der Waals surface area (Å²) in [5, 5.41) is 4.37. The minimum absolute atomic E-state index is 0.485. The van der Waals surface area contributed by atoms with E-state index in [2.05, 4.69) is 26.9 Å². The predicted molar refractivity (Wildman–Crippen MR) is 79.7 cm³/mol. The molecule has 2 atom stereocenters. The Kier molecular flexibility index (Phi) is 2.85. The summed E-state index contributed by atoms with van der Waals surface area (Å²) in [6, 6.07) is 1.11. The Morgan fingerprint density at radius 1 is 1.24 bits per heavy atom. The van der Waals surface area contributed by atoms with E-state index in [0.717, 1.165) is 18.8 Å². The van der Waals surface area contributed by atoms with Gasteiger partial charge in [-0.25, -0.2) is 9.97 Å². The van der Waals surface area contributed by atoms with E-state index in [1.54, 1.807) is 0 Å². The van der Waals surface area contributed by atoms with Gasteiger partial charge in [0, 0.05) is 55.1 Å². The predicted octanol–water partition coefficient (Wildman–Crippen LogP) is 2.09. The maximum Gasteiger partial charge on any atom is 0.125 e. The number of fused-ring (bicyclic) bond motifs is 4. The molecule has 0 amide bonds. The number of nitrogens with zero attached hydrogens (tertiary/aromatic N) is 5. The van der Waals surface area contributed by atoms with Crippen molar-refractivity contribution in [1.29, 1.82) is 0 Å². The molecule has 21 heavy (non-hydrogen) atoms. The molecule has 0 unspecified atom stereocenters. The summed E-state index contributed by atoms with van der Waals surface area (Å²) >= 11 is 0. The van der Waals surface area contributed by atoms with Crippen LogP contribution in [-0.2, 0) is 20.0 Å². The first-order valence-electron chi connectivity index (χ1n) is 7.69. The van der Waals surface area contributed by atoms with E-state index in [4.69, 9.17) is 0 Å². The minimum atomic E-state index is 0.485. The van der Waals surface area contributed by atoms with Gasteiger partial charge in [-0.3, -0.25) is 9.58 Å². The van der Waals surface area contributed by atoms with E-state index >= 15 is 0 Å². The average molecular weight is 283 g/mol. The molecule has 0 spiro atoms. The van der Waals surface area contributed by atoms with Gasteiger partial charge < -0.3 is 0 Å². The molecule has 110 valence electrons. The minimum Gasteiger partial charge on any atom is -0.288 e. The van der Waals surface area contributed by atoms with Crippen LogP contribution < -0.4 is 0 Å². The van der Waals surface area contributed by atoms with Crippen molar-refractivity contribution in [2.75, 3.05) is 0 Å². The molecule has 2 aromatic rings. The molecule has 5 nitrogen and oxygen atoms in total. The molecule has 4 rings (SSSR count). The van der Waals surface area contributed by atoms with Crippen molar-refractivity contribution >= 4 is 0 Å². The second-order valence-electron chi connectivity index (χ2n) is 6.32. The third-order valence-electron chi connectivity index (χ3n) is 5.14. The maximum atomic E-state index is 4.66. The summed E-state index contributed by atoms with van der Waals surface area (Å²) < 4.78 is 1.96. The summed E-state index contributed by atoms with van der Waals surface area (Å²) in [5.74, 6) is 0.893. The van der Waals surface area contributed by atoms with Gasteiger partial charge in [0.2, 0.25) is 0 Å². The zero-order valence-electron chi connectivity index (χ0n) is 12.9. The van der Waals surface area contributed by atoms with E-state index in [0.29, 0.717) is 12.1 Å². The fraction of sp³-hybridized carbons (Fsp3) is 0.562. The second kappa shape index (κ2) is 4.63.